The minimum Gasteiger partial charge on any atom is -0.491 e. The highest BCUT2D eigenvalue weighted by Crippen LogP contribution is 2.59. The molecule has 238 valence electrons. The summed E-state index contributed by atoms with van der Waals surface area (Å²) in [5, 5.41) is 0.779. The molecule has 0 aliphatic carbocycles. The van der Waals surface area contributed by atoms with E-state index in [4.69, 9.17) is 42.8 Å². The molecule has 2 saturated heterocycles. The summed E-state index contributed by atoms with van der Waals surface area (Å²) in [5.74, 6) is -1.17. The van der Waals surface area contributed by atoms with E-state index in [2.05, 4.69) is 54.6 Å². The Morgan fingerprint density at radius 2 is 1.63 bits per heavy atom. The number of esters is 1. The van der Waals surface area contributed by atoms with Gasteiger partial charge in [0, 0.05) is 33.1 Å². The SMILES string of the molecule is CC(C)(C)CC1N2C(C(=O)OC2(C)C)C(c2cc(Cl)ccc2OCCO[Si](C)(C)C(C)(C)C)C1(N)c1ccc(Cl)cc1F. The smallest absolute Gasteiger partial charge is 0.325 e. The van der Waals surface area contributed by atoms with Crippen molar-refractivity contribution in [2.24, 2.45) is 11.1 Å². The molecule has 6 nitrogen and oxygen atoms in total. The van der Waals surface area contributed by atoms with Crippen molar-refractivity contribution in [3.05, 3.63) is 63.4 Å². The summed E-state index contributed by atoms with van der Waals surface area (Å²) in [6.07, 6.45) is 0.565. The maximum Gasteiger partial charge on any atom is 0.325 e. The first kappa shape index (κ1) is 34.2. The lowest BCUT2D eigenvalue weighted by molar-refractivity contribution is -0.152. The third-order valence-electron chi connectivity index (χ3n) is 9.35. The maximum atomic E-state index is 16.0. The molecule has 0 spiro atoms. The zero-order chi connectivity index (χ0) is 32.3. The van der Waals surface area contributed by atoms with E-state index in [1.54, 1.807) is 30.3 Å². The molecule has 0 bridgehead atoms. The molecule has 2 fully saturated rings. The predicted molar refractivity (Wildman–Crippen MR) is 174 cm³/mol. The summed E-state index contributed by atoms with van der Waals surface area (Å²) in [4.78, 5) is 15.8. The standard InChI is InChI=1S/C33H47Cl2FN2O4Si/c1-30(2,3)19-26-33(37,23-13-11-21(35)18-24(23)36)27(28-29(39)42-32(7,8)38(26)28)22-17-20(34)12-14-25(22)40-15-16-41-43(9,10)31(4,5)6/h11-14,17-18,26-28H,15-16,19,37H2,1-10H3. The molecule has 0 aromatic heterocycles. The van der Waals surface area contributed by atoms with Crippen molar-refractivity contribution in [3.8, 4) is 5.75 Å². The van der Waals surface area contributed by atoms with E-state index >= 15 is 4.39 Å². The van der Waals surface area contributed by atoms with Crippen LogP contribution in [0.3, 0.4) is 0 Å². The molecule has 2 aliphatic heterocycles. The molecule has 2 aromatic rings. The zero-order valence-electron chi connectivity index (χ0n) is 27.1. The Labute approximate surface area is 267 Å². The van der Waals surface area contributed by atoms with Gasteiger partial charge in [-0.3, -0.25) is 4.79 Å². The van der Waals surface area contributed by atoms with Crippen LogP contribution in [0.5, 0.6) is 5.75 Å². The van der Waals surface area contributed by atoms with Gasteiger partial charge in [0.2, 0.25) is 0 Å². The fourth-order valence-electron chi connectivity index (χ4n) is 6.39. The minimum absolute atomic E-state index is 0.0608. The van der Waals surface area contributed by atoms with Crippen molar-refractivity contribution >= 4 is 37.5 Å². The van der Waals surface area contributed by atoms with Gasteiger partial charge in [0.1, 0.15) is 24.2 Å². The molecule has 0 amide bonds. The molecule has 2 N–H and O–H groups in total. The Morgan fingerprint density at radius 3 is 2.21 bits per heavy atom. The van der Waals surface area contributed by atoms with Crippen LogP contribution in [-0.2, 0) is 19.5 Å². The van der Waals surface area contributed by atoms with Crippen LogP contribution in [0.25, 0.3) is 0 Å². The molecule has 4 atom stereocenters. The highest BCUT2D eigenvalue weighted by molar-refractivity contribution is 6.74. The molecular formula is C33H47Cl2FN2O4Si. The first-order valence-corrected chi connectivity index (χ1v) is 18.6. The Kier molecular flexibility index (Phi) is 9.22. The minimum atomic E-state index is -1.99. The number of nitrogens with zero attached hydrogens (tertiary/aromatic N) is 1. The largest absolute Gasteiger partial charge is 0.491 e. The second-order valence-electron chi connectivity index (χ2n) is 15.2. The number of benzene rings is 2. The summed E-state index contributed by atoms with van der Waals surface area (Å²) in [6, 6.07) is 8.58. The first-order valence-electron chi connectivity index (χ1n) is 14.9. The predicted octanol–water partition coefficient (Wildman–Crippen LogP) is 8.25. The summed E-state index contributed by atoms with van der Waals surface area (Å²) in [7, 11) is -1.99. The number of nitrogens with two attached hydrogens (primary N) is 1. The van der Waals surface area contributed by atoms with Gasteiger partial charge in [-0.2, -0.15) is 0 Å². The number of halogens is 3. The molecule has 2 aliphatic rings. The number of carbonyl (C=O) groups is 1. The van der Waals surface area contributed by atoms with Crippen molar-refractivity contribution in [3.63, 3.8) is 0 Å². The lowest BCUT2D eigenvalue weighted by Gasteiger charge is -2.44. The highest BCUT2D eigenvalue weighted by Gasteiger charge is 2.69. The lowest BCUT2D eigenvalue weighted by atomic mass is 9.68. The number of ether oxygens (including phenoxy) is 2. The quantitative estimate of drug-likeness (QED) is 0.176. The zero-order valence-corrected chi connectivity index (χ0v) is 29.6. The fourth-order valence-corrected chi connectivity index (χ4v) is 7.76. The van der Waals surface area contributed by atoms with E-state index in [9.17, 15) is 4.79 Å². The number of carbonyl (C=O) groups excluding carboxylic acids is 1. The average Bonchev–Trinajstić information content (AvgIpc) is 3.23. The van der Waals surface area contributed by atoms with Crippen LogP contribution in [0.2, 0.25) is 28.2 Å². The van der Waals surface area contributed by atoms with E-state index in [1.807, 2.05) is 18.7 Å². The molecule has 4 rings (SSSR count). The molecule has 2 heterocycles. The van der Waals surface area contributed by atoms with Gasteiger partial charge in [0.25, 0.3) is 0 Å². The molecule has 2 aromatic carbocycles. The van der Waals surface area contributed by atoms with E-state index in [0.29, 0.717) is 29.4 Å². The lowest BCUT2D eigenvalue weighted by Crippen LogP contribution is -2.56. The van der Waals surface area contributed by atoms with Gasteiger partial charge in [0.05, 0.1) is 12.1 Å². The highest BCUT2D eigenvalue weighted by atomic mass is 35.5. The van der Waals surface area contributed by atoms with Crippen molar-refractivity contribution < 1.29 is 23.1 Å². The van der Waals surface area contributed by atoms with E-state index in [-0.39, 0.29) is 27.6 Å². The van der Waals surface area contributed by atoms with Crippen LogP contribution < -0.4 is 10.5 Å². The van der Waals surface area contributed by atoms with Crippen molar-refractivity contribution in [1.82, 2.24) is 4.90 Å². The number of rotatable bonds is 8. The molecule has 4 unspecified atom stereocenters. The van der Waals surface area contributed by atoms with Gasteiger partial charge in [-0.1, -0.05) is 70.8 Å². The van der Waals surface area contributed by atoms with Crippen LogP contribution in [0, 0.1) is 11.2 Å². The van der Waals surface area contributed by atoms with Gasteiger partial charge in [-0.15, -0.1) is 0 Å². The number of hydrogen-bond acceptors (Lipinski definition) is 6. The van der Waals surface area contributed by atoms with Crippen LogP contribution in [0.1, 0.15) is 78.9 Å². The van der Waals surface area contributed by atoms with Gasteiger partial charge >= 0.3 is 5.97 Å². The number of cyclic esters (lactones) is 1. The Hall–Kier alpha value is -1.68. The Bertz CT molecular complexity index is 1370. The van der Waals surface area contributed by atoms with Crippen molar-refractivity contribution in [2.75, 3.05) is 13.2 Å². The Morgan fingerprint density at radius 1 is 1.02 bits per heavy atom. The van der Waals surface area contributed by atoms with Gasteiger partial charge in [0.15, 0.2) is 14.0 Å². The average molecular weight is 654 g/mol. The van der Waals surface area contributed by atoms with E-state index in [0.717, 1.165) is 0 Å². The second kappa shape index (κ2) is 11.6. The Balaban J connectivity index is 1.87. The molecule has 10 heteroatoms. The molecule has 43 heavy (non-hydrogen) atoms. The van der Waals surface area contributed by atoms with Crippen LogP contribution in [0.4, 0.5) is 4.39 Å². The fraction of sp³-hybridized carbons (Fsp3) is 0.606. The summed E-state index contributed by atoms with van der Waals surface area (Å²) in [5.41, 5.74) is 5.90. The van der Waals surface area contributed by atoms with Gasteiger partial charge in [-0.05, 0) is 74.1 Å². The van der Waals surface area contributed by atoms with Crippen LogP contribution >= 0.6 is 23.2 Å². The summed E-state index contributed by atoms with van der Waals surface area (Å²) < 4.78 is 34.6. The molecular weight excluding hydrogens is 606 g/mol. The maximum absolute atomic E-state index is 16.0. The van der Waals surface area contributed by atoms with E-state index in [1.165, 1.54) is 6.07 Å². The normalized spacial score (nSPS) is 26.0. The van der Waals surface area contributed by atoms with Gasteiger partial charge in [-0.25, -0.2) is 9.29 Å². The molecule has 0 saturated carbocycles. The third kappa shape index (κ3) is 6.52. The van der Waals surface area contributed by atoms with Crippen molar-refractivity contribution in [2.45, 2.75) is 109 Å². The second-order valence-corrected chi connectivity index (χ2v) is 20.9. The van der Waals surface area contributed by atoms with Crippen molar-refractivity contribution in [1.29, 1.82) is 0 Å². The van der Waals surface area contributed by atoms with Gasteiger partial charge < -0.3 is 19.6 Å². The number of fused-ring (bicyclic) bond motifs is 1. The number of hydrogen-bond donors (Lipinski definition) is 1. The van der Waals surface area contributed by atoms with Crippen LogP contribution in [0.15, 0.2) is 36.4 Å². The summed E-state index contributed by atoms with van der Waals surface area (Å²) >= 11 is 12.8. The molecule has 0 radical (unpaired) electrons. The topological polar surface area (TPSA) is 74.0 Å². The first-order chi connectivity index (χ1) is 19.6. The monoisotopic (exact) mass is 652 g/mol. The summed E-state index contributed by atoms with van der Waals surface area (Å²) in [6.45, 7) is 21.7. The van der Waals surface area contributed by atoms with E-state index < -0.39 is 49.4 Å². The van der Waals surface area contributed by atoms with Crippen LogP contribution in [-0.4, -0.2) is 50.2 Å². The third-order valence-corrected chi connectivity index (χ3v) is 14.4.